The molecule has 0 aliphatic heterocycles. The molecule has 1 fully saturated rings. The first kappa shape index (κ1) is 22.3. The van der Waals surface area contributed by atoms with Gasteiger partial charge in [-0.15, -0.1) is 5.10 Å². The molecule has 7 nitrogen and oxygen atoms in total. The minimum Gasteiger partial charge on any atom is -0.299 e. The van der Waals surface area contributed by atoms with Gasteiger partial charge >= 0.3 is 5.69 Å². The Bertz CT molecular complexity index is 1280. The molecule has 0 amide bonds. The van der Waals surface area contributed by atoms with Crippen molar-refractivity contribution in [2.75, 3.05) is 0 Å². The lowest BCUT2D eigenvalue weighted by atomic mass is 9.87. The van der Waals surface area contributed by atoms with Gasteiger partial charge in [-0.3, -0.25) is 9.13 Å². The third-order valence-corrected chi connectivity index (χ3v) is 6.77. The van der Waals surface area contributed by atoms with Gasteiger partial charge in [0.2, 0.25) is 0 Å². The van der Waals surface area contributed by atoms with Crippen molar-refractivity contribution in [3.63, 3.8) is 0 Å². The number of para-hydroxylation sites is 1. The van der Waals surface area contributed by atoms with Crippen LogP contribution >= 0.6 is 0 Å². The molecule has 1 saturated carbocycles. The molecule has 0 radical (unpaired) electrons. The fourth-order valence-corrected chi connectivity index (χ4v) is 5.12. The molecule has 1 aliphatic rings. The predicted octanol–water partition coefficient (Wildman–Crippen LogP) is 5.04. The Hall–Kier alpha value is -3.48. The maximum absolute atomic E-state index is 13.3. The molecule has 0 atom stereocenters. The third kappa shape index (κ3) is 4.60. The van der Waals surface area contributed by atoms with Gasteiger partial charge in [-0.05, 0) is 46.4 Å². The SMILES string of the molecule is CC(C)Cn1cc(C2CCCCC2)n(Cc2ccc(-c3ccccc3-n3cnnn3)cc2)c1=O. The number of tetrazole rings is 1. The molecule has 0 spiro atoms. The van der Waals surface area contributed by atoms with Gasteiger partial charge < -0.3 is 0 Å². The Morgan fingerprint density at radius 2 is 1.76 bits per heavy atom. The summed E-state index contributed by atoms with van der Waals surface area (Å²) in [5, 5.41) is 11.6. The molecule has 7 heteroatoms. The van der Waals surface area contributed by atoms with Gasteiger partial charge in [0, 0.05) is 29.9 Å². The van der Waals surface area contributed by atoms with E-state index < -0.39 is 0 Å². The normalized spacial score (nSPS) is 14.7. The van der Waals surface area contributed by atoms with Crippen molar-refractivity contribution in [1.29, 1.82) is 0 Å². The highest BCUT2D eigenvalue weighted by Crippen LogP contribution is 2.33. The van der Waals surface area contributed by atoms with Crippen LogP contribution in [0.3, 0.4) is 0 Å². The fraction of sp³-hybridized carbons (Fsp3) is 0.407. The largest absolute Gasteiger partial charge is 0.328 e. The quantitative estimate of drug-likeness (QED) is 0.390. The average molecular weight is 457 g/mol. The summed E-state index contributed by atoms with van der Waals surface area (Å²) in [4.78, 5) is 13.3. The molecule has 0 saturated heterocycles. The van der Waals surface area contributed by atoms with Crippen molar-refractivity contribution < 1.29 is 0 Å². The highest BCUT2D eigenvalue weighted by Gasteiger charge is 2.22. The van der Waals surface area contributed by atoms with E-state index in [0.717, 1.165) is 28.9 Å². The van der Waals surface area contributed by atoms with Crippen LogP contribution in [0, 0.1) is 5.92 Å². The zero-order valence-electron chi connectivity index (χ0n) is 20.0. The van der Waals surface area contributed by atoms with E-state index in [1.165, 1.54) is 37.8 Å². The van der Waals surface area contributed by atoms with E-state index in [0.29, 0.717) is 18.4 Å². The second-order valence-corrected chi connectivity index (χ2v) is 9.77. The number of rotatable bonds is 7. The maximum Gasteiger partial charge on any atom is 0.328 e. The molecule has 0 N–H and O–H groups in total. The number of imidazole rings is 1. The van der Waals surface area contributed by atoms with Gasteiger partial charge in [0.15, 0.2) is 0 Å². The molecular weight excluding hydrogens is 424 g/mol. The molecule has 34 heavy (non-hydrogen) atoms. The lowest BCUT2D eigenvalue weighted by molar-refractivity contribution is 0.425. The van der Waals surface area contributed by atoms with E-state index in [1.54, 1.807) is 11.0 Å². The lowest BCUT2D eigenvalue weighted by Gasteiger charge is -2.22. The van der Waals surface area contributed by atoms with Gasteiger partial charge in [-0.1, -0.05) is 75.6 Å². The van der Waals surface area contributed by atoms with Crippen LogP contribution in [0.1, 0.15) is 63.1 Å². The number of nitrogens with zero attached hydrogens (tertiary/aromatic N) is 6. The Balaban J connectivity index is 1.45. The van der Waals surface area contributed by atoms with Crippen LogP contribution in [0.4, 0.5) is 0 Å². The zero-order chi connectivity index (χ0) is 23.5. The van der Waals surface area contributed by atoms with Crippen LogP contribution in [0.25, 0.3) is 16.8 Å². The van der Waals surface area contributed by atoms with Gasteiger partial charge in [0.1, 0.15) is 6.33 Å². The Morgan fingerprint density at radius 1 is 1.00 bits per heavy atom. The van der Waals surface area contributed by atoms with Crippen LogP contribution in [0.15, 0.2) is 65.8 Å². The van der Waals surface area contributed by atoms with Crippen LogP contribution in [0.2, 0.25) is 0 Å². The minimum atomic E-state index is 0.113. The van der Waals surface area contributed by atoms with E-state index in [9.17, 15) is 4.79 Å². The van der Waals surface area contributed by atoms with Crippen LogP contribution in [0.5, 0.6) is 0 Å². The topological polar surface area (TPSA) is 70.5 Å². The smallest absolute Gasteiger partial charge is 0.299 e. The van der Waals surface area contributed by atoms with Gasteiger partial charge in [0.25, 0.3) is 0 Å². The molecule has 2 aromatic heterocycles. The average Bonchev–Trinajstić information content (AvgIpc) is 3.50. The first-order valence-corrected chi connectivity index (χ1v) is 12.3. The van der Waals surface area contributed by atoms with Crippen molar-refractivity contribution in [3.8, 4) is 16.8 Å². The number of benzene rings is 2. The second-order valence-electron chi connectivity index (χ2n) is 9.77. The summed E-state index contributed by atoms with van der Waals surface area (Å²) in [7, 11) is 0. The Labute approximate surface area is 200 Å². The van der Waals surface area contributed by atoms with E-state index in [-0.39, 0.29) is 5.69 Å². The highest BCUT2D eigenvalue weighted by atomic mass is 16.1. The maximum atomic E-state index is 13.3. The Kier molecular flexibility index (Phi) is 6.43. The summed E-state index contributed by atoms with van der Waals surface area (Å²) in [6.45, 7) is 5.69. The molecule has 0 bridgehead atoms. The van der Waals surface area contributed by atoms with Crippen molar-refractivity contribution in [3.05, 3.63) is 82.8 Å². The number of hydrogen-bond acceptors (Lipinski definition) is 4. The monoisotopic (exact) mass is 456 g/mol. The summed E-state index contributed by atoms with van der Waals surface area (Å²) < 4.78 is 5.62. The molecule has 176 valence electrons. The molecule has 1 aliphatic carbocycles. The summed E-state index contributed by atoms with van der Waals surface area (Å²) in [6.07, 6.45) is 9.91. The standard InChI is InChI=1S/C27H32N6O/c1-20(2)16-31-18-26(23-8-4-3-5-9-23)32(27(31)34)17-21-12-14-22(15-13-21)24-10-6-7-11-25(24)33-19-28-29-30-33/h6-7,10-15,18-20,23H,3-5,8-9,16-17H2,1-2H3. The van der Waals surface area contributed by atoms with Crippen molar-refractivity contribution in [2.45, 2.75) is 65.0 Å². The Morgan fingerprint density at radius 3 is 2.47 bits per heavy atom. The lowest BCUT2D eigenvalue weighted by Crippen LogP contribution is -2.27. The van der Waals surface area contributed by atoms with E-state index in [1.807, 2.05) is 27.3 Å². The molecule has 2 heterocycles. The second kappa shape index (κ2) is 9.79. The molecular formula is C27H32N6O. The summed E-state index contributed by atoms with van der Waals surface area (Å²) >= 11 is 0. The van der Waals surface area contributed by atoms with E-state index >= 15 is 0 Å². The van der Waals surface area contributed by atoms with Crippen molar-refractivity contribution in [2.24, 2.45) is 5.92 Å². The molecule has 4 aromatic rings. The van der Waals surface area contributed by atoms with Gasteiger partial charge in [-0.25, -0.2) is 4.79 Å². The van der Waals surface area contributed by atoms with Crippen LogP contribution in [-0.4, -0.2) is 29.3 Å². The zero-order valence-corrected chi connectivity index (χ0v) is 20.0. The molecule has 5 rings (SSSR count). The summed E-state index contributed by atoms with van der Waals surface area (Å²) in [5.41, 5.74) is 5.53. The number of aromatic nitrogens is 6. The highest BCUT2D eigenvalue weighted by molar-refractivity contribution is 5.72. The van der Waals surface area contributed by atoms with E-state index in [4.69, 9.17) is 0 Å². The van der Waals surface area contributed by atoms with Crippen molar-refractivity contribution in [1.82, 2.24) is 29.3 Å². The fourth-order valence-electron chi connectivity index (χ4n) is 5.12. The van der Waals surface area contributed by atoms with Crippen LogP contribution in [-0.2, 0) is 13.1 Å². The van der Waals surface area contributed by atoms with E-state index in [2.05, 4.69) is 65.9 Å². The summed E-state index contributed by atoms with van der Waals surface area (Å²) in [5.74, 6) is 0.921. The predicted molar refractivity (Wildman–Crippen MR) is 133 cm³/mol. The summed E-state index contributed by atoms with van der Waals surface area (Å²) in [6, 6.07) is 16.6. The van der Waals surface area contributed by atoms with Gasteiger partial charge in [0.05, 0.1) is 12.2 Å². The minimum absolute atomic E-state index is 0.113. The van der Waals surface area contributed by atoms with Gasteiger partial charge in [-0.2, -0.15) is 4.68 Å². The van der Waals surface area contributed by atoms with Crippen LogP contribution < -0.4 is 5.69 Å². The third-order valence-electron chi connectivity index (χ3n) is 6.77. The molecule has 0 unspecified atom stereocenters. The first-order chi connectivity index (χ1) is 16.6. The van der Waals surface area contributed by atoms with Crippen molar-refractivity contribution >= 4 is 0 Å². The first-order valence-electron chi connectivity index (χ1n) is 12.3. The molecule has 2 aromatic carbocycles. The number of hydrogen-bond donors (Lipinski definition) is 0.